The molecule has 130 valence electrons. The number of aliphatic hydroxyl groups is 1. The summed E-state index contributed by atoms with van der Waals surface area (Å²) in [4.78, 5) is 12.3. The number of nitrogens with one attached hydrogen (secondary N) is 3. The Labute approximate surface area is 144 Å². The number of benzene rings is 1. The van der Waals surface area contributed by atoms with E-state index in [4.69, 9.17) is 4.52 Å². The lowest BCUT2D eigenvalue weighted by molar-refractivity contribution is 0.0646. The fraction of sp³-hybridized carbons (Fsp3) is 0.294. The van der Waals surface area contributed by atoms with Gasteiger partial charge in [-0.05, 0) is 12.8 Å². The Balaban J connectivity index is 1.32. The minimum Gasteiger partial charge on any atom is -0.390 e. The lowest BCUT2D eigenvalue weighted by atomic mass is 9.86. The number of carbonyl (C=O) groups excluding carboxylic acids is 1. The monoisotopic (exact) mass is 341 g/mol. The molecule has 0 bridgehead atoms. The van der Waals surface area contributed by atoms with Gasteiger partial charge in [-0.25, -0.2) is 0 Å². The maximum absolute atomic E-state index is 12.3. The third-order valence-corrected chi connectivity index (χ3v) is 4.51. The predicted octanol–water partition coefficient (Wildman–Crippen LogP) is 0.761. The van der Waals surface area contributed by atoms with E-state index in [2.05, 4.69) is 21.4 Å². The zero-order valence-electron chi connectivity index (χ0n) is 13.5. The molecular weight excluding hydrogens is 322 g/mol. The maximum atomic E-state index is 12.3. The van der Waals surface area contributed by atoms with Gasteiger partial charge < -0.3 is 20.4 Å². The van der Waals surface area contributed by atoms with Crippen LogP contribution in [0.5, 0.6) is 0 Å². The molecule has 1 saturated carbocycles. The van der Waals surface area contributed by atoms with Crippen molar-refractivity contribution in [3.63, 3.8) is 0 Å². The van der Waals surface area contributed by atoms with Crippen molar-refractivity contribution in [2.24, 2.45) is 0 Å². The van der Waals surface area contributed by atoms with Gasteiger partial charge in [-0.2, -0.15) is 0 Å². The van der Waals surface area contributed by atoms with Crippen LogP contribution in [0, 0.1) is 0 Å². The van der Waals surface area contributed by atoms with E-state index in [-0.39, 0.29) is 30.3 Å². The molecule has 0 atom stereocenters. The molecule has 1 amide bonds. The number of hydrazine groups is 2. The standard InChI is InChI=1S/C17H19N5O3/c23-10-14-9-18-21-22(14)13-6-12(7-13)19-17(24)15-8-16(25-20-15)11-4-2-1-3-5-11/h1-5,8-9,12-13,18,21,23H,6-7,10H2,(H,19,24)/t12-,13-. The van der Waals surface area contributed by atoms with E-state index in [0.717, 1.165) is 24.1 Å². The number of rotatable bonds is 5. The third-order valence-electron chi connectivity index (χ3n) is 4.51. The molecule has 1 aromatic heterocycles. The normalized spacial score (nSPS) is 22.1. The topological polar surface area (TPSA) is 103 Å². The number of hydrogen-bond acceptors (Lipinski definition) is 7. The van der Waals surface area contributed by atoms with Gasteiger partial charge in [0.25, 0.3) is 5.91 Å². The van der Waals surface area contributed by atoms with Crippen LogP contribution in [0.2, 0.25) is 0 Å². The van der Waals surface area contributed by atoms with Crippen molar-refractivity contribution in [2.45, 2.75) is 24.9 Å². The SMILES string of the molecule is O=C(N[C@H]1C[C@H](N2NNC=C2CO)C1)c1cc(-c2ccccc2)on1. The highest BCUT2D eigenvalue weighted by Crippen LogP contribution is 2.28. The lowest BCUT2D eigenvalue weighted by Gasteiger charge is -2.42. The first-order valence-corrected chi connectivity index (χ1v) is 8.18. The van der Waals surface area contributed by atoms with Crippen molar-refractivity contribution < 1.29 is 14.4 Å². The third kappa shape index (κ3) is 3.09. The lowest BCUT2D eigenvalue weighted by Crippen LogP contribution is -2.57. The average Bonchev–Trinajstić information content (AvgIpc) is 3.27. The van der Waals surface area contributed by atoms with Crippen molar-refractivity contribution in [1.82, 2.24) is 26.4 Å². The summed E-state index contributed by atoms with van der Waals surface area (Å²) in [6, 6.07) is 11.5. The van der Waals surface area contributed by atoms with Crippen LogP contribution in [-0.2, 0) is 0 Å². The number of hydrogen-bond donors (Lipinski definition) is 4. The van der Waals surface area contributed by atoms with E-state index in [0.29, 0.717) is 5.76 Å². The Hall–Kier alpha value is -2.84. The van der Waals surface area contributed by atoms with E-state index >= 15 is 0 Å². The van der Waals surface area contributed by atoms with E-state index < -0.39 is 0 Å². The van der Waals surface area contributed by atoms with Gasteiger partial charge in [-0.15, -0.1) is 5.53 Å². The van der Waals surface area contributed by atoms with Crippen LogP contribution in [0.25, 0.3) is 11.3 Å². The zero-order chi connectivity index (χ0) is 17.2. The Morgan fingerprint density at radius 2 is 2.16 bits per heavy atom. The summed E-state index contributed by atoms with van der Waals surface area (Å²) in [6.45, 7) is -0.0330. The summed E-state index contributed by atoms with van der Waals surface area (Å²) in [5.74, 6) is 0.335. The Morgan fingerprint density at radius 1 is 1.36 bits per heavy atom. The molecule has 1 aliphatic heterocycles. The van der Waals surface area contributed by atoms with Crippen LogP contribution in [0.1, 0.15) is 23.3 Å². The fourth-order valence-corrected chi connectivity index (χ4v) is 3.07. The number of aliphatic hydroxyl groups excluding tert-OH is 1. The minimum atomic E-state index is -0.236. The van der Waals surface area contributed by atoms with Gasteiger partial charge in [-0.3, -0.25) is 9.80 Å². The summed E-state index contributed by atoms with van der Waals surface area (Å²) in [5, 5.41) is 18.0. The molecule has 1 fully saturated rings. The van der Waals surface area contributed by atoms with Crippen molar-refractivity contribution >= 4 is 5.91 Å². The molecule has 0 radical (unpaired) electrons. The summed E-state index contributed by atoms with van der Waals surface area (Å²) in [6.07, 6.45) is 3.31. The van der Waals surface area contributed by atoms with Crippen LogP contribution < -0.4 is 16.3 Å². The molecule has 1 aromatic carbocycles. The van der Waals surface area contributed by atoms with Gasteiger partial charge in [0.1, 0.15) is 0 Å². The average molecular weight is 341 g/mol. The number of amides is 1. The summed E-state index contributed by atoms with van der Waals surface area (Å²) < 4.78 is 5.26. The molecule has 25 heavy (non-hydrogen) atoms. The maximum Gasteiger partial charge on any atom is 0.273 e. The summed E-state index contributed by atoms with van der Waals surface area (Å²) >= 11 is 0. The molecule has 2 heterocycles. The van der Waals surface area contributed by atoms with Crippen molar-refractivity contribution in [3.05, 3.63) is 54.0 Å². The fourth-order valence-electron chi connectivity index (χ4n) is 3.07. The highest BCUT2D eigenvalue weighted by molar-refractivity contribution is 5.93. The smallest absolute Gasteiger partial charge is 0.273 e. The molecule has 1 aliphatic carbocycles. The zero-order valence-corrected chi connectivity index (χ0v) is 13.5. The van der Waals surface area contributed by atoms with Gasteiger partial charge in [0.15, 0.2) is 11.5 Å². The Bertz CT molecular complexity index is 783. The Morgan fingerprint density at radius 3 is 2.92 bits per heavy atom. The van der Waals surface area contributed by atoms with Gasteiger partial charge in [-0.1, -0.05) is 35.5 Å². The van der Waals surface area contributed by atoms with E-state index in [1.54, 1.807) is 12.3 Å². The Kier molecular flexibility index (Phi) is 4.12. The van der Waals surface area contributed by atoms with Crippen molar-refractivity contribution in [1.29, 1.82) is 0 Å². The van der Waals surface area contributed by atoms with Crippen molar-refractivity contribution in [2.75, 3.05) is 6.61 Å². The summed E-state index contributed by atoms with van der Waals surface area (Å²) in [5.41, 5.74) is 7.79. The molecule has 2 aliphatic rings. The molecule has 4 rings (SSSR count). The molecule has 8 heteroatoms. The van der Waals surface area contributed by atoms with Crippen LogP contribution in [-0.4, -0.2) is 39.9 Å². The molecule has 4 N–H and O–H groups in total. The highest BCUT2D eigenvalue weighted by Gasteiger charge is 2.37. The molecular formula is C17H19N5O3. The van der Waals surface area contributed by atoms with E-state index in [1.165, 1.54) is 0 Å². The van der Waals surface area contributed by atoms with Crippen LogP contribution in [0.4, 0.5) is 0 Å². The largest absolute Gasteiger partial charge is 0.390 e. The molecule has 0 unspecified atom stereocenters. The highest BCUT2D eigenvalue weighted by atomic mass is 16.5. The van der Waals surface area contributed by atoms with Crippen LogP contribution in [0.15, 0.2) is 52.8 Å². The molecule has 2 aromatic rings. The number of nitrogens with zero attached hydrogens (tertiary/aromatic N) is 2. The second-order valence-electron chi connectivity index (χ2n) is 6.16. The quantitative estimate of drug-likeness (QED) is 0.637. The molecule has 8 nitrogen and oxygen atoms in total. The second-order valence-corrected chi connectivity index (χ2v) is 6.16. The van der Waals surface area contributed by atoms with Gasteiger partial charge >= 0.3 is 0 Å². The minimum absolute atomic E-state index is 0.0330. The van der Waals surface area contributed by atoms with Crippen LogP contribution in [0.3, 0.4) is 0 Å². The first-order chi connectivity index (χ1) is 12.2. The molecule has 0 saturated heterocycles. The first kappa shape index (κ1) is 15.7. The first-order valence-electron chi connectivity index (χ1n) is 8.18. The second kappa shape index (κ2) is 6.58. The molecule has 0 spiro atoms. The van der Waals surface area contributed by atoms with Gasteiger partial charge in [0.2, 0.25) is 0 Å². The van der Waals surface area contributed by atoms with Gasteiger partial charge in [0.05, 0.1) is 18.3 Å². The predicted molar refractivity (Wildman–Crippen MR) is 89.5 cm³/mol. The van der Waals surface area contributed by atoms with Crippen molar-refractivity contribution in [3.8, 4) is 11.3 Å². The van der Waals surface area contributed by atoms with Gasteiger partial charge in [0, 0.05) is 23.9 Å². The number of aromatic nitrogens is 1. The van der Waals surface area contributed by atoms with Crippen LogP contribution >= 0.6 is 0 Å². The summed E-state index contributed by atoms with van der Waals surface area (Å²) in [7, 11) is 0. The van der Waals surface area contributed by atoms with E-state index in [9.17, 15) is 9.90 Å². The van der Waals surface area contributed by atoms with E-state index in [1.807, 2.05) is 35.3 Å². The number of carbonyl (C=O) groups is 1.